The maximum absolute atomic E-state index is 12.6. The Morgan fingerprint density at radius 1 is 0.850 bits per heavy atom. The topological polar surface area (TPSA) is 17.1 Å². The van der Waals surface area contributed by atoms with Crippen molar-refractivity contribution in [2.24, 2.45) is 0 Å². The van der Waals surface area contributed by atoms with E-state index in [0.717, 1.165) is 30.4 Å². The van der Waals surface area contributed by atoms with E-state index in [2.05, 4.69) is 31.2 Å². The molecule has 0 bridgehead atoms. The highest BCUT2D eigenvalue weighted by molar-refractivity contribution is 5.89. The van der Waals surface area contributed by atoms with Gasteiger partial charge in [0.2, 0.25) is 0 Å². The summed E-state index contributed by atoms with van der Waals surface area (Å²) in [5.74, 6) is 0.213. The van der Waals surface area contributed by atoms with Crippen molar-refractivity contribution in [1.82, 2.24) is 0 Å². The van der Waals surface area contributed by atoms with Crippen molar-refractivity contribution >= 4 is 5.78 Å². The molecule has 0 unspecified atom stereocenters. The normalized spacial score (nSPS) is 10.7. The zero-order chi connectivity index (χ0) is 14.2. The predicted octanol–water partition coefficient (Wildman–Crippen LogP) is 4.97. The van der Waals surface area contributed by atoms with E-state index < -0.39 is 0 Å². The monoisotopic (exact) mass is 266 g/mol. The fourth-order valence-corrected chi connectivity index (χ4v) is 2.55. The van der Waals surface area contributed by atoms with Gasteiger partial charge in [-0.05, 0) is 17.5 Å². The fourth-order valence-electron chi connectivity index (χ4n) is 2.55. The Morgan fingerprint density at radius 2 is 1.35 bits per heavy atom. The summed E-state index contributed by atoms with van der Waals surface area (Å²) in [6.07, 6.45) is 3.93. The minimum Gasteiger partial charge on any atom is -0.299 e. The lowest BCUT2D eigenvalue weighted by molar-refractivity contribution is -0.119. The van der Waals surface area contributed by atoms with Crippen molar-refractivity contribution in [2.45, 2.75) is 38.5 Å². The maximum Gasteiger partial charge on any atom is 0.144 e. The Bertz CT molecular complexity index is 476. The van der Waals surface area contributed by atoms with Crippen molar-refractivity contribution in [3.63, 3.8) is 0 Å². The second-order valence-corrected chi connectivity index (χ2v) is 5.18. The number of hydrogen-bond donors (Lipinski definition) is 0. The number of Topliss-reactive ketones (excluding diaryl/α,β-unsaturated/α-hetero) is 1. The first-order valence-electron chi connectivity index (χ1n) is 7.45. The Labute approximate surface area is 121 Å². The molecule has 2 aromatic carbocycles. The Kier molecular flexibility index (Phi) is 5.55. The lowest BCUT2D eigenvalue weighted by Crippen LogP contribution is -2.14. The zero-order valence-corrected chi connectivity index (χ0v) is 12.1. The van der Waals surface area contributed by atoms with Crippen LogP contribution in [0.15, 0.2) is 60.7 Å². The first kappa shape index (κ1) is 14.5. The van der Waals surface area contributed by atoms with Crippen molar-refractivity contribution in [2.75, 3.05) is 0 Å². The average molecular weight is 266 g/mol. The third-order valence-corrected chi connectivity index (χ3v) is 3.61. The number of hydrogen-bond acceptors (Lipinski definition) is 1. The van der Waals surface area contributed by atoms with Gasteiger partial charge < -0.3 is 0 Å². The highest BCUT2D eigenvalue weighted by atomic mass is 16.1. The highest BCUT2D eigenvalue weighted by Crippen LogP contribution is 2.27. The summed E-state index contributed by atoms with van der Waals surface area (Å²) < 4.78 is 0. The van der Waals surface area contributed by atoms with Crippen LogP contribution in [0.3, 0.4) is 0 Å². The van der Waals surface area contributed by atoms with E-state index in [1.165, 1.54) is 0 Å². The Balaban J connectivity index is 2.23. The molecule has 2 rings (SSSR count). The van der Waals surface area contributed by atoms with Crippen molar-refractivity contribution < 1.29 is 4.79 Å². The zero-order valence-electron chi connectivity index (χ0n) is 12.1. The molecule has 0 amide bonds. The molecule has 0 saturated carbocycles. The highest BCUT2D eigenvalue weighted by Gasteiger charge is 2.21. The molecule has 0 atom stereocenters. The van der Waals surface area contributed by atoms with Crippen molar-refractivity contribution in [3.8, 4) is 0 Å². The van der Waals surface area contributed by atoms with Gasteiger partial charge in [-0.3, -0.25) is 4.79 Å². The van der Waals surface area contributed by atoms with E-state index in [0.29, 0.717) is 12.2 Å². The molecular weight excluding hydrogens is 244 g/mol. The number of ketones is 1. The number of unbranched alkanes of at least 4 members (excludes halogenated alkanes) is 2. The Morgan fingerprint density at radius 3 is 1.80 bits per heavy atom. The molecule has 0 spiro atoms. The molecule has 0 fully saturated rings. The summed E-state index contributed by atoms with van der Waals surface area (Å²) in [5.41, 5.74) is 2.19. The number of benzene rings is 2. The van der Waals surface area contributed by atoms with Crippen LogP contribution >= 0.6 is 0 Å². The second-order valence-electron chi connectivity index (χ2n) is 5.18. The van der Waals surface area contributed by atoms with Crippen LogP contribution in [0.5, 0.6) is 0 Å². The maximum atomic E-state index is 12.6. The molecule has 0 N–H and O–H groups in total. The van der Waals surface area contributed by atoms with Gasteiger partial charge in [0.15, 0.2) is 0 Å². The van der Waals surface area contributed by atoms with Crippen LogP contribution in [-0.4, -0.2) is 5.78 Å². The SMILES string of the molecule is CCCCCC(=O)C(c1ccccc1)c1ccccc1. The van der Waals surface area contributed by atoms with Crippen LogP contribution < -0.4 is 0 Å². The third-order valence-electron chi connectivity index (χ3n) is 3.61. The largest absolute Gasteiger partial charge is 0.299 e. The summed E-state index contributed by atoms with van der Waals surface area (Å²) in [6, 6.07) is 20.2. The molecule has 0 saturated heterocycles. The first-order chi connectivity index (χ1) is 9.83. The number of carbonyl (C=O) groups excluding carboxylic acids is 1. The van der Waals surface area contributed by atoms with Crippen molar-refractivity contribution in [1.29, 1.82) is 0 Å². The molecule has 2 aromatic rings. The smallest absolute Gasteiger partial charge is 0.144 e. The molecule has 0 aliphatic rings. The van der Waals surface area contributed by atoms with E-state index in [4.69, 9.17) is 0 Å². The van der Waals surface area contributed by atoms with Gasteiger partial charge in [-0.15, -0.1) is 0 Å². The molecule has 1 heteroatoms. The van der Waals surface area contributed by atoms with E-state index in [-0.39, 0.29) is 5.92 Å². The minimum absolute atomic E-state index is 0.116. The lowest BCUT2D eigenvalue weighted by atomic mass is 9.86. The van der Waals surface area contributed by atoms with E-state index in [1.54, 1.807) is 0 Å². The van der Waals surface area contributed by atoms with Crippen LogP contribution in [0.1, 0.15) is 49.7 Å². The molecule has 20 heavy (non-hydrogen) atoms. The van der Waals surface area contributed by atoms with Gasteiger partial charge >= 0.3 is 0 Å². The third kappa shape index (κ3) is 3.80. The summed E-state index contributed by atoms with van der Waals surface area (Å²) in [4.78, 5) is 12.6. The van der Waals surface area contributed by atoms with Gasteiger partial charge in [0.25, 0.3) is 0 Å². The fraction of sp³-hybridized carbons (Fsp3) is 0.316. The summed E-state index contributed by atoms with van der Waals surface area (Å²) in [6.45, 7) is 2.16. The summed E-state index contributed by atoms with van der Waals surface area (Å²) in [7, 11) is 0. The lowest BCUT2D eigenvalue weighted by Gasteiger charge is -2.17. The molecule has 0 aliphatic heterocycles. The van der Waals surface area contributed by atoms with E-state index >= 15 is 0 Å². The Hall–Kier alpha value is -1.89. The molecule has 1 nitrogen and oxygen atoms in total. The number of carbonyl (C=O) groups is 1. The van der Waals surface area contributed by atoms with Gasteiger partial charge in [-0.1, -0.05) is 80.4 Å². The van der Waals surface area contributed by atoms with E-state index in [1.807, 2.05) is 36.4 Å². The molecule has 104 valence electrons. The van der Waals surface area contributed by atoms with Crippen LogP contribution in [0.4, 0.5) is 0 Å². The molecule has 0 aromatic heterocycles. The average Bonchev–Trinajstić information content (AvgIpc) is 2.50. The van der Waals surface area contributed by atoms with Crippen LogP contribution in [0.25, 0.3) is 0 Å². The quantitative estimate of drug-likeness (QED) is 0.647. The van der Waals surface area contributed by atoms with Crippen LogP contribution in [0.2, 0.25) is 0 Å². The van der Waals surface area contributed by atoms with Gasteiger partial charge in [-0.25, -0.2) is 0 Å². The standard InChI is InChI=1S/C19H22O/c1-2-3-6-15-18(20)19(16-11-7-4-8-12-16)17-13-9-5-10-14-17/h4-5,7-14,19H,2-3,6,15H2,1H3. The number of rotatable bonds is 7. The second kappa shape index (κ2) is 7.64. The van der Waals surface area contributed by atoms with Gasteiger partial charge in [-0.2, -0.15) is 0 Å². The van der Waals surface area contributed by atoms with E-state index in [9.17, 15) is 4.79 Å². The predicted molar refractivity (Wildman–Crippen MR) is 83.9 cm³/mol. The first-order valence-corrected chi connectivity index (χ1v) is 7.45. The minimum atomic E-state index is -0.116. The summed E-state index contributed by atoms with van der Waals surface area (Å²) in [5, 5.41) is 0. The van der Waals surface area contributed by atoms with Gasteiger partial charge in [0.05, 0.1) is 5.92 Å². The molecule has 0 aliphatic carbocycles. The summed E-state index contributed by atoms with van der Waals surface area (Å²) >= 11 is 0. The van der Waals surface area contributed by atoms with Gasteiger partial charge in [0, 0.05) is 6.42 Å². The molecule has 0 heterocycles. The van der Waals surface area contributed by atoms with Crippen LogP contribution in [-0.2, 0) is 4.79 Å². The van der Waals surface area contributed by atoms with Gasteiger partial charge in [0.1, 0.15) is 5.78 Å². The van der Waals surface area contributed by atoms with Crippen LogP contribution in [0, 0.1) is 0 Å². The molecule has 0 radical (unpaired) electrons. The van der Waals surface area contributed by atoms with Crippen molar-refractivity contribution in [3.05, 3.63) is 71.8 Å². The molecular formula is C19H22O.